The van der Waals surface area contributed by atoms with Crippen molar-refractivity contribution in [3.8, 4) is 0 Å². The standard InChI is InChI=1S/C21H22N2O4/c1-21(2,20(26)27)15-8-10-16(11-9-15)22-18(24)13-23-17-6-4-3-5-14(17)7-12-19(23)25/h3-6,8-11H,7,12-13H2,1-2H3,(H,22,24)(H,26,27). The summed E-state index contributed by atoms with van der Waals surface area (Å²) in [5, 5.41) is 12.1. The van der Waals surface area contributed by atoms with Gasteiger partial charge in [-0.1, -0.05) is 30.3 Å². The molecule has 0 saturated heterocycles. The second-order valence-corrected chi connectivity index (χ2v) is 7.16. The second-order valence-electron chi connectivity index (χ2n) is 7.16. The summed E-state index contributed by atoms with van der Waals surface area (Å²) in [6.45, 7) is 3.20. The van der Waals surface area contributed by atoms with Gasteiger partial charge < -0.3 is 15.3 Å². The number of carboxylic acid groups (broad SMARTS) is 1. The van der Waals surface area contributed by atoms with Gasteiger partial charge in [-0.25, -0.2) is 0 Å². The number of fused-ring (bicyclic) bond motifs is 1. The van der Waals surface area contributed by atoms with Crippen molar-refractivity contribution in [1.82, 2.24) is 0 Å². The normalized spacial score (nSPS) is 13.9. The number of amides is 2. The molecule has 0 bridgehead atoms. The van der Waals surface area contributed by atoms with Gasteiger partial charge in [-0.2, -0.15) is 0 Å². The van der Waals surface area contributed by atoms with Crippen molar-refractivity contribution in [2.24, 2.45) is 0 Å². The van der Waals surface area contributed by atoms with Crippen molar-refractivity contribution in [3.63, 3.8) is 0 Å². The lowest BCUT2D eigenvalue weighted by atomic mass is 9.85. The molecule has 6 nitrogen and oxygen atoms in total. The molecule has 3 rings (SSSR count). The van der Waals surface area contributed by atoms with Gasteiger partial charge in [0.15, 0.2) is 0 Å². The van der Waals surface area contributed by atoms with Crippen molar-refractivity contribution in [2.75, 3.05) is 16.8 Å². The number of nitrogens with zero attached hydrogens (tertiary/aromatic N) is 1. The summed E-state index contributed by atoms with van der Waals surface area (Å²) in [4.78, 5) is 37.5. The average molecular weight is 366 g/mol. The van der Waals surface area contributed by atoms with Crippen LogP contribution in [0.25, 0.3) is 0 Å². The predicted molar refractivity (Wildman–Crippen MR) is 103 cm³/mol. The Balaban J connectivity index is 1.70. The largest absolute Gasteiger partial charge is 0.481 e. The van der Waals surface area contributed by atoms with Crippen LogP contribution in [0.4, 0.5) is 11.4 Å². The van der Waals surface area contributed by atoms with Crippen LogP contribution in [-0.2, 0) is 26.2 Å². The highest BCUT2D eigenvalue weighted by atomic mass is 16.4. The summed E-state index contributed by atoms with van der Waals surface area (Å²) < 4.78 is 0. The zero-order chi connectivity index (χ0) is 19.6. The fraction of sp³-hybridized carbons (Fsp3) is 0.286. The molecule has 0 radical (unpaired) electrons. The van der Waals surface area contributed by atoms with Crippen molar-refractivity contribution in [3.05, 3.63) is 59.7 Å². The number of anilines is 2. The summed E-state index contributed by atoms with van der Waals surface area (Å²) in [7, 11) is 0. The van der Waals surface area contributed by atoms with E-state index in [2.05, 4.69) is 5.32 Å². The smallest absolute Gasteiger partial charge is 0.313 e. The van der Waals surface area contributed by atoms with Gasteiger partial charge in [0.2, 0.25) is 11.8 Å². The van der Waals surface area contributed by atoms with Gasteiger partial charge in [-0.05, 0) is 49.6 Å². The third kappa shape index (κ3) is 3.84. The highest BCUT2D eigenvalue weighted by Crippen LogP contribution is 2.28. The van der Waals surface area contributed by atoms with Crippen LogP contribution in [0.15, 0.2) is 48.5 Å². The van der Waals surface area contributed by atoms with Crippen molar-refractivity contribution in [2.45, 2.75) is 32.1 Å². The molecular formula is C21H22N2O4. The Morgan fingerprint density at radius 2 is 1.74 bits per heavy atom. The van der Waals surface area contributed by atoms with Crippen LogP contribution in [0.2, 0.25) is 0 Å². The van der Waals surface area contributed by atoms with E-state index >= 15 is 0 Å². The van der Waals surface area contributed by atoms with Gasteiger partial charge in [-0.3, -0.25) is 14.4 Å². The van der Waals surface area contributed by atoms with E-state index < -0.39 is 11.4 Å². The number of hydrogen-bond donors (Lipinski definition) is 2. The second kappa shape index (κ2) is 7.23. The van der Waals surface area contributed by atoms with E-state index in [1.165, 1.54) is 4.90 Å². The molecule has 0 aromatic heterocycles. The fourth-order valence-corrected chi connectivity index (χ4v) is 3.11. The average Bonchev–Trinajstić information content (AvgIpc) is 2.64. The Labute approximate surface area is 157 Å². The van der Waals surface area contributed by atoms with Gasteiger partial charge in [0.1, 0.15) is 6.54 Å². The van der Waals surface area contributed by atoms with Crippen LogP contribution in [-0.4, -0.2) is 29.4 Å². The number of aryl methyl sites for hydroxylation is 1. The molecule has 0 spiro atoms. The molecule has 0 saturated carbocycles. The lowest BCUT2D eigenvalue weighted by Gasteiger charge is -2.28. The highest BCUT2D eigenvalue weighted by Gasteiger charge is 2.29. The number of para-hydroxylation sites is 1. The molecule has 6 heteroatoms. The third-order valence-corrected chi connectivity index (χ3v) is 4.92. The minimum Gasteiger partial charge on any atom is -0.481 e. The number of carboxylic acids is 1. The number of carbonyl (C=O) groups is 3. The van der Waals surface area contributed by atoms with Gasteiger partial charge >= 0.3 is 5.97 Å². The summed E-state index contributed by atoms with van der Waals surface area (Å²) in [5.74, 6) is -1.28. The number of nitrogens with one attached hydrogen (secondary N) is 1. The first-order valence-electron chi connectivity index (χ1n) is 8.81. The van der Waals surface area contributed by atoms with Crippen LogP contribution in [0.5, 0.6) is 0 Å². The SMILES string of the molecule is CC(C)(C(=O)O)c1ccc(NC(=O)CN2C(=O)CCc3ccccc32)cc1. The van der Waals surface area contributed by atoms with Crippen LogP contribution in [0.3, 0.4) is 0 Å². The Morgan fingerprint density at radius 1 is 1.07 bits per heavy atom. The van der Waals surface area contributed by atoms with E-state index in [4.69, 9.17) is 0 Å². The molecule has 2 N–H and O–H groups in total. The van der Waals surface area contributed by atoms with E-state index in [9.17, 15) is 19.5 Å². The molecule has 2 amide bonds. The number of carbonyl (C=O) groups excluding carboxylic acids is 2. The highest BCUT2D eigenvalue weighted by molar-refractivity contribution is 6.04. The Bertz CT molecular complexity index is 887. The first-order chi connectivity index (χ1) is 12.8. The molecule has 1 heterocycles. The minimum atomic E-state index is -1.01. The molecule has 1 aliphatic heterocycles. The molecular weight excluding hydrogens is 344 g/mol. The van der Waals surface area contributed by atoms with Gasteiger partial charge in [0.05, 0.1) is 5.41 Å². The number of benzene rings is 2. The van der Waals surface area contributed by atoms with Crippen molar-refractivity contribution < 1.29 is 19.5 Å². The number of hydrogen-bond acceptors (Lipinski definition) is 3. The van der Waals surface area contributed by atoms with Gasteiger partial charge in [0, 0.05) is 17.8 Å². The van der Waals surface area contributed by atoms with Crippen molar-refractivity contribution in [1.29, 1.82) is 0 Å². The molecule has 0 fully saturated rings. The minimum absolute atomic E-state index is 0.0573. The summed E-state index contributed by atoms with van der Waals surface area (Å²) in [6.07, 6.45) is 1.08. The Kier molecular flexibility index (Phi) is 4.99. The maximum Gasteiger partial charge on any atom is 0.313 e. The number of rotatable bonds is 5. The zero-order valence-electron chi connectivity index (χ0n) is 15.4. The van der Waals surface area contributed by atoms with E-state index in [1.54, 1.807) is 38.1 Å². The quantitative estimate of drug-likeness (QED) is 0.852. The van der Waals surface area contributed by atoms with Gasteiger partial charge in [-0.15, -0.1) is 0 Å². The van der Waals surface area contributed by atoms with Crippen LogP contribution in [0.1, 0.15) is 31.4 Å². The Hall–Kier alpha value is -3.15. The van der Waals surface area contributed by atoms with E-state index in [0.717, 1.165) is 11.3 Å². The van der Waals surface area contributed by atoms with Crippen LogP contribution >= 0.6 is 0 Å². The lowest BCUT2D eigenvalue weighted by Crippen LogP contribution is -2.40. The summed E-state index contributed by atoms with van der Waals surface area (Å²) in [5.41, 5.74) is 2.04. The first-order valence-corrected chi connectivity index (χ1v) is 8.81. The fourth-order valence-electron chi connectivity index (χ4n) is 3.11. The summed E-state index contributed by atoms with van der Waals surface area (Å²) in [6, 6.07) is 14.3. The van der Waals surface area contributed by atoms with Crippen LogP contribution in [0, 0.1) is 0 Å². The van der Waals surface area contributed by atoms with E-state index in [0.29, 0.717) is 24.1 Å². The maximum absolute atomic E-state index is 12.4. The summed E-state index contributed by atoms with van der Waals surface area (Å²) >= 11 is 0. The third-order valence-electron chi connectivity index (χ3n) is 4.92. The molecule has 0 unspecified atom stereocenters. The van der Waals surface area contributed by atoms with E-state index in [1.807, 2.05) is 24.3 Å². The monoisotopic (exact) mass is 366 g/mol. The molecule has 1 aliphatic rings. The maximum atomic E-state index is 12.4. The molecule has 2 aromatic rings. The topological polar surface area (TPSA) is 86.7 Å². The van der Waals surface area contributed by atoms with Crippen LogP contribution < -0.4 is 10.2 Å². The molecule has 0 atom stereocenters. The Morgan fingerprint density at radius 3 is 2.41 bits per heavy atom. The molecule has 2 aromatic carbocycles. The molecule has 27 heavy (non-hydrogen) atoms. The van der Waals surface area contributed by atoms with E-state index in [-0.39, 0.29) is 18.4 Å². The van der Waals surface area contributed by atoms with Gasteiger partial charge in [0.25, 0.3) is 0 Å². The predicted octanol–water partition coefficient (Wildman–Crippen LogP) is 2.97. The molecule has 140 valence electrons. The van der Waals surface area contributed by atoms with Crippen molar-refractivity contribution >= 4 is 29.2 Å². The first kappa shape index (κ1) is 18.6. The zero-order valence-corrected chi connectivity index (χ0v) is 15.4. The number of aliphatic carboxylic acids is 1. The lowest BCUT2D eigenvalue weighted by molar-refractivity contribution is -0.142. The molecule has 0 aliphatic carbocycles.